The fourth-order valence-electron chi connectivity index (χ4n) is 5.06. The summed E-state index contributed by atoms with van der Waals surface area (Å²) in [5.74, 6) is 0.0334. The number of hydrogen-bond acceptors (Lipinski definition) is 9. The molecule has 1 spiro atoms. The van der Waals surface area contributed by atoms with Gasteiger partial charge in [-0.05, 0) is 38.5 Å². The quantitative estimate of drug-likeness (QED) is 0.190. The molecule has 4 rings (SSSR count). The highest BCUT2D eigenvalue weighted by atomic mass is 35.5. The lowest BCUT2D eigenvalue weighted by molar-refractivity contribution is -0.359. The number of quaternary nitrogens is 1. The van der Waals surface area contributed by atoms with Gasteiger partial charge in [0, 0.05) is 43.5 Å². The predicted octanol–water partition coefficient (Wildman–Crippen LogP) is 3.89. The number of hydrogen-bond donors (Lipinski definition) is 4. The standard InChI is InChI=1S/C10H16N2O2.C9H16N2O.C6H10O.C4H9NSi.C3H7NO2.2ClH/c1-11-10(6-4-3-5-7-10)12-8-9(13)14-2;12-8-6-11-9(7-10-8)4-2-1-3-5-9;7-6-4-2-1-3-5-6;1-6(2,3)4-5;1-6-3(5)2-4;;/h12H,3-8H2,2H3;11H,1-7H2,(H,10,12);1-5H2;1-3H3;2,4H2,1H3;2*1H/p+1. The maximum Gasteiger partial charge on any atom is 0.361 e. The second-order valence-corrected chi connectivity index (χ2v) is 17.6. The van der Waals surface area contributed by atoms with Crippen molar-refractivity contribution in [1.82, 2.24) is 16.0 Å². The average molecular weight is 725 g/mol. The van der Waals surface area contributed by atoms with Crippen molar-refractivity contribution in [2.45, 2.75) is 127 Å². The zero-order valence-electron chi connectivity index (χ0n) is 29.3. The molecule has 15 heteroatoms. The van der Waals surface area contributed by atoms with Gasteiger partial charge in [-0.25, -0.2) is 21.9 Å². The zero-order chi connectivity index (χ0) is 34.2. The Labute approximate surface area is 296 Å². The van der Waals surface area contributed by atoms with Crippen LogP contribution in [0.1, 0.15) is 96.3 Å². The molecule has 12 nitrogen and oxygen atoms in total. The minimum atomic E-state index is -1.33. The van der Waals surface area contributed by atoms with Crippen LogP contribution in [-0.2, 0) is 28.7 Å². The summed E-state index contributed by atoms with van der Waals surface area (Å²) in [6.45, 7) is 14.9. The molecule has 1 heterocycles. The number of nitrogens with one attached hydrogen (secondary N) is 3. The lowest BCUT2D eigenvalue weighted by atomic mass is 9.80. The fraction of sp³-hybridized carbons (Fsp3) is 0.812. The van der Waals surface area contributed by atoms with Crippen molar-refractivity contribution in [2.24, 2.45) is 0 Å². The van der Waals surface area contributed by atoms with Crippen molar-refractivity contribution in [3.63, 3.8) is 0 Å². The van der Waals surface area contributed by atoms with Crippen molar-refractivity contribution >= 4 is 56.5 Å². The Hall–Kier alpha value is -2.26. The van der Waals surface area contributed by atoms with Gasteiger partial charge in [0.1, 0.15) is 12.3 Å². The first kappa shape index (κ1) is 49.1. The molecule has 3 aliphatic carbocycles. The fourth-order valence-corrected chi connectivity index (χ4v) is 5.06. The number of nitriles is 1. The van der Waals surface area contributed by atoms with E-state index in [1.807, 2.05) is 19.6 Å². The lowest BCUT2D eigenvalue weighted by Gasteiger charge is -2.41. The van der Waals surface area contributed by atoms with Crippen molar-refractivity contribution in [3.8, 4) is 5.69 Å². The molecule has 272 valence electrons. The van der Waals surface area contributed by atoms with Crippen LogP contribution in [0, 0.1) is 17.5 Å². The van der Waals surface area contributed by atoms with E-state index in [0.717, 1.165) is 57.9 Å². The summed E-state index contributed by atoms with van der Waals surface area (Å²) in [6.07, 6.45) is 16.7. The van der Waals surface area contributed by atoms with Crippen LogP contribution in [-0.4, -0.2) is 83.3 Å². The Morgan fingerprint density at radius 2 is 1.38 bits per heavy atom. The summed E-state index contributed by atoms with van der Waals surface area (Å²) in [5.41, 5.74) is 5.27. The number of nitrogens with zero attached hydrogens (tertiary/aromatic N) is 2. The molecule has 0 aromatic heterocycles. The summed E-state index contributed by atoms with van der Waals surface area (Å²) >= 11 is 0. The second-order valence-electron chi connectivity index (χ2n) is 12.9. The largest absolute Gasteiger partial charge is 0.468 e. The van der Waals surface area contributed by atoms with Crippen LogP contribution < -0.4 is 21.7 Å². The van der Waals surface area contributed by atoms with Crippen LogP contribution in [0.15, 0.2) is 0 Å². The summed E-state index contributed by atoms with van der Waals surface area (Å²) in [6, 6.07) is 0. The van der Waals surface area contributed by atoms with E-state index in [4.69, 9.17) is 11.8 Å². The SMILES string of the molecule is COC(=O)C[NH3+].C[Si](C)(C)C#N.Cl.Cl.O=C1CCCCC1.O=C1CNC2(CCCCC2)CN1.[C-]#[N+]C1(NCC(=O)OC)CCCCC1. The summed E-state index contributed by atoms with van der Waals surface area (Å²) in [4.78, 5) is 45.8. The van der Waals surface area contributed by atoms with Gasteiger partial charge in [0.2, 0.25) is 5.91 Å². The average Bonchev–Trinajstić information content (AvgIpc) is 3.07. The maximum absolute atomic E-state index is 10.9. The second kappa shape index (κ2) is 27.7. The van der Waals surface area contributed by atoms with E-state index in [9.17, 15) is 19.2 Å². The van der Waals surface area contributed by atoms with Gasteiger partial charge in [-0.3, -0.25) is 19.2 Å². The molecule has 6 N–H and O–H groups in total. The normalized spacial score (nSPS) is 18.8. The van der Waals surface area contributed by atoms with Gasteiger partial charge >= 0.3 is 11.9 Å². The van der Waals surface area contributed by atoms with Crippen LogP contribution in [0.3, 0.4) is 0 Å². The Kier molecular flexibility index (Phi) is 28.9. The van der Waals surface area contributed by atoms with Crippen LogP contribution in [0.2, 0.25) is 19.6 Å². The monoisotopic (exact) mass is 723 g/mol. The van der Waals surface area contributed by atoms with Gasteiger partial charge in [-0.15, -0.1) is 24.8 Å². The van der Waals surface area contributed by atoms with Crippen LogP contribution in [0.25, 0.3) is 4.85 Å². The number of methoxy groups -OCH3 is 2. The van der Waals surface area contributed by atoms with Gasteiger partial charge in [-0.2, -0.15) is 0 Å². The first-order chi connectivity index (χ1) is 21.3. The van der Waals surface area contributed by atoms with Crippen LogP contribution in [0.5, 0.6) is 0 Å². The molecule has 0 aromatic carbocycles. The van der Waals surface area contributed by atoms with Crippen LogP contribution in [0.4, 0.5) is 0 Å². The highest BCUT2D eigenvalue weighted by molar-refractivity contribution is 6.83. The van der Waals surface area contributed by atoms with Crippen molar-refractivity contribution in [1.29, 1.82) is 5.26 Å². The van der Waals surface area contributed by atoms with E-state index >= 15 is 0 Å². The first-order valence-corrected chi connectivity index (χ1v) is 19.8. The number of Topliss-reactive ketones (excluding diaryl/α,β-unsaturated/α-hetero) is 1. The highest BCUT2D eigenvalue weighted by Crippen LogP contribution is 2.29. The Morgan fingerprint density at radius 1 is 0.915 bits per heavy atom. The number of carbonyl (C=O) groups excluding carboxylic acids is 4. The molecule has 0 unspecified atom stereocenters. The molecule has 0 bridgehead atoms. The number of halogens is 2. The highest BCUT2D eigenvalue weighted by Gasteiger charge is 2.38. The van der Waals surface area contributed by atoms with Crippen LogP contribution >= 0.6 is 24.8 Å². The first-order valence-electron chi connectivity index (χ1n) is 16.3. The van der Waals surface area contributed by atoms with Gasteiger partial charge < -0.3 is 25.8 Å². The topological polar surface area (TPSA) is 179 Å². The van der Waals surface area contributed by atoms with Gasteiger partial charge in [0.05, 0.1) is 20.8 Å². The summed E-state index contributed by atoms with van der Waals surface area (Å²) < 4.78 is 8.72. The lowest BCUT2D eigenvalue weighted by Crippen LogP contribution is -2.61. The minimum Gasteiger partial charge on any atom is -0.468 e. The smallest absolute Gasteiger partial charge is 0.361 e. The van der Waals surface area contributed by atoms with E-state index in [2.05, 4.69) is 41.7 Å². The molecule has 0 atom stereocenters. The predicted molar refractivity (Wildman–Crippen MR) is 191 cm³/mol. The van der Waals surface area contributed by atoms with Crippen molar-refractivity contribution in [3.05, 3.63) is 11.4 Å². The van der Waals surface area contributed by atoms with E-state index in [-0.39, 0.29) is 61.3 Å². The molecular weight excluding hydrogens is 663 g/mol. The zero-order valence-corrected chi connectivity index (χ0v) is 31.9. The molecule has 4 aliphatic rings. The molecule has 1 aliphatic heterocycles. The van der Waals surface area contributed by atoms with Gasteiger partial charge in [0.25, 0.3) is 5.66 Å². The third-order valence-electron chi connectivity index (χ3n) is 7.92. The van der Waals surface area contributed by atoms with E-state index in [1.165, 1.54) is 59.2 Å². The molecular formula is C32H61Cl2N6O6Si+. The third kappa shape index (κ3) is 24.5. The molecule has 3 saturated carbocycles. The van der Waals surface area contributed by atoms with E-state index in [1.54, 1.807) is 0 Å². The third-order valence-corrected chi connectivity index (χ3v) is 8.59. The van der Waals surface area contributed by atoms with Gasteiger partial charge in [-0.1, -0.05) is 51.7 Å². The van der Waals surface area contributed by atoms with E-state index in [0.29, 0.717) is 12.3 Å². The number of rotatable bonds is 4. The number of piperazine rings is 1. The van der Waals surface area contributed by atoms with E-state index < -0.39 is 13.7 Å². The number of amides is 1. The summed E-state index contributed by atoms with van der Waals surface area (Å²) in [7, 11) is 1.37. The Bertz CT molecular complexity index is 962. The Balaban J connectivity index is -0.000000534. The van der Waals surface area contributed by atoms with Crippen molar-refractivity contribution in [2.75, 3.05) is 40.4 Å². The number of ether oxygens (including phenoxy) is 2. The Morgan fingerprint density at radius 3 is 1.70 bits per heavy atom. The summed E-state index contributed by atoms with van der Waals surface area (Å²) in [5, 5.41) is 17.5. The van der Waals surface area contributed by atoms with Gasteiger partial charge in [0.15, 0.2) is 14.6 Å². The molecule has 1 saturated heterocycles. The number of ketones is 1. The molecule has 0 aromatic rings. The minimum absolute atomic E-state index is 0. The molecule has 4 fully saturated rings. The molecule has 0 radical (unpaired) electrons. The van der Waals surface area contributed by atoms with Crippen molar-refractivity contribution < 1.29 is 34.4 Å². The number of esters is 2. The molecule has 47 heavy (non-hydrogen) atoms. The maximum atomic E-state index is 10.9. The number of carbonyl (C=O) groups is 4. The molecule has 1 amide bonds.